The molecule has 3 rings (SSSR count). The van der Waals surface area contributed by atoms with Crippen LogP contribution in [0.3, 0.4) is 0 Å². The van der Waals surface area contributed by atoms with E-state index in [4.69, 9.17) is 0 Å². The summed E-state index contributed by atoms with van der Waals surface area (Å²) in [6.45, 7) is 0. The number of hydrogen-bond donors (Lipinski definition) is 2. The Bertz CT molecular complexity index is 631. The second kappa shape index (κ2) is 1.91. The molecule has 0 spiro atoms. The van der Waals surface area contributed by atoms with Crippen molar-refractivity contribution in [2.24, 2.45) is 0 Å². The number of nitrogens with one attached hydrogen (secondary N) is 2. The molecule has 2 N–H and O–H groups in total. The fraction of sp³-hybridized carbons (Fsp3) is 0. The minimum absolute atomic E-state index is 0.306. The first-order valence-electron chi connectivity index (χ1n) is 3.50. The highest BCUT2D eigenvalue weighted by Crippen LogP contribution is 2.03. The number of fused-ring (bicyclic) bond motifs is 3. The maximum Gasteiger partial charge on any atom is 0.325 e. The SMILES string of the molecule is O=c1[nH]c2cnc3nnnn3c2[nH]1. The number of tetrazole rings is 1. The van der Waals surface area contributed by atoms with Gasteiger partial charge in [0.2, 0.25) is 0 Å². The maximum absolute atomic E-state index is 10.9. The summed E-state index contributed by atoms with van der Waals surface area (Å²) >= 11 is 0. The number of hydrogen-bond acceptors (Lipinski definition) is 5. The molecule has 0 atom stereocenters. The number of aromatic amines is 2. The van der Waals surface area contributed by atoms with Gasteiger partial charge in [0.25, 0.3) is 5.78 Å². The monoisotopic (exact) mass is 177 g/mol. The van der Waals surface area contributed by atoms with E-state index in [9.17, 15) is 4.79 Å². The molecule has 64 valence electrons. The third-order valence-electron chi connectivity index (χ3n) is 1.71. The van der Waals surface area contributed by atoms with Gasteiger partial charge in [0.15, 0.2) is 5.65 Å². The Labute approximate surface area is 69.6 Å². The first kappa shape index (κ1) is 6.29. The summed E-state index contributed by atoms with van der Waals surface area (Å²) in [5.74, 6) is 0.350. The molecule has 3 aromatic heterocycles. The molecule has 8 nitrogen and oxygen atoms in total. The van der Waals surface area contributed by atoms with Crippen LogP contribution in [0.25, 0.3) is 16.9 Å². The normalized spacial score (nSPS) is 11.4. The third kappa shape index (κ3) is 0.708. The average Bonchev–Trinajstić information content (AvgIpc) is 2.65. The van der Waals surface area contributed by atoms with E-state index < -0.39 is 0 Å². The van der Waals surface area contributed by atoms with Crippen molar-refractivity contribution in [1.82, 2.24) is 35.0 Å². The van der Waals surface area contributed by atoms with E-state index >= 15 is 0 Å². The molecule has 0 fully saturated rings. The molecule has 0 saturated carbocycles. The first-order valence-corrected chi connectivity index (χ1v) is 3.50. The lowest BCUT2D eigenvalue weighted by atomic mass is 10.6. The molecular formula is C5H3N7O. The Morgan fingerprint density at radius 3 is 3.23 bits per heavy atom. The molecule has 3 aromatic rings. The lowest BCUT2D eigenvalue weighted by Gasteiger charge is -1.88. The van der Waals surface area contributed by atoms with Crippen molar-refractivity contribution in [3.05, 3.63) is 16.7 Å². The van der Waals surface area contributed by atoms with E-state index in [1.54, 1.807) is 0 Å². The summed E-state index contributed by atoms with van der Waals surface area (Å²) in [4.78, 5) is 20.0. The number of H-pyrrole nitrogens is 2. The fourth-order valence-corrected chi connectivity index (χ4v) is 1.18. The highest BCUT2D eigenvalue weighted by Gasteiger charge is 2.05. The van der Waals surface area contributed by atoms with Crippen molar-refractivity contribution in [2.75, 3.05) is 0 Å². The van der Waals surface area contributed by atoms with Gasteiger partial charge in [0, 0.05) is 0 Å². The van der Waals surface area contributed by atoms with Crippen molar-refractivity contribution in [3.8, 4) is 0 Å². The van der Waals surface area contributed by atoms with Gasteiger partial charge in [-0.3, -0.25) is 4.98 Å². The van der Waals surface area contributed by atoms with Gasteiger partial charge in [-0.05, 0) is 10.4 Å². The van der Waals surface area contributed by atoms with E-state index in [0.717, 1.165) is 0 Å². The molecule has 8 heteroatoms. The molecule has 0 bridgehead atoms. The van der Waals surface area contributed by atoms with Gasteiger partial charge in [-0.15, -0.1) is 0 Å². The van der Waals surface area contributed by atoms with Gasteiger partial charge < -0.3 is 4.98 Å². The van der Waals surface area contributed by atoms with Crippen LogP contribution >= 0.6 is 0 Å². The third-order valence-corrected chi connectivity index (χ3v) is 1.71. The van der Waals surface area contributed by atoms with Crippen molar-refractivity contribution in [2.45, 2.75) is 0 Å². The van der Waals surface area contributed by atoms with Crippen LogP contribution in [0.1, 0.15) is 0 Å². The molecule has 0 unspecified atom stereocenters. The molecule has 0 aromatic carbocycles. The van der Waals surface area contributed by atoms with Crippen LogP contribution in [0.15, 0.2) is 11.0 Å². The Hall–Kier alpha value is -2.25. The Balaban J connectivity index is 2.71. The topological polar surface area (TPSA) is 105 Å². The van der Waals surface area contributed by atoms with Crippen LogP contribution < -0.4 is 5.69 Å². The van der Waals surface area contributed by atoms with Crippen LogP contribution in [0.2, 0.25) is 0 Å². The summed E-state index contributed by atoms with van der Waals surface area (Å²) in [5, 5.41) is 10.7. The standard InChI is InChI=1S/C5H3N7O/c13-5-7-2-1-6-4-9-10-11-12(4)3(2)8-5/h1H,(H2,7,8,13). The van der Waals surface area contributed by atoms with E-state index in [2.05, 4.69) is 30.5 Å². The quantitative estimate of drug-likeness (QED) is 0.443. The number of imidazole rings is 1. The summed E-state index contributed by atoms with van der Waals surface area (Å²) in [5.41, 5.74) is 0.782. The van der Waals surface area contributed by atoms with E-state index in [0.29, 0.717) is 16.9 Å². The summed E-state index contributed by atoms with van der Waals surface area (Å²) in [6.07, 6.45) is 1.50. The molecule has 0 radical (unpaired) electrons. The van der Waals surface area contributed by atoms with Crippen LogP contribution in [0.5, 0.6) is 0 Å². The second-order valence-electron chi connectivity index (χ2n) is 2.49. The predicted octanol–water partition coefficient (Wildman–Crippen LogP) is -1.31. The molecule has 0 saturated heterocycles. The lowest BCUT2D eigenvalue weighted by Crippen LogP contribution is -2.00. The average molecular weight is 177 g/mol. The van der Waals surface area contributed by atoms with E-state index in [1.807, 2.05) is 0 Å². The zero-order valence-electron chi connectivity index (χ0n) is 6.22. The van der Waals surface area contributed by atoms with E-state index in [1.165, 1.54) is 10.7 Å². The van der Waals surface area contributed by atoms with Crippen molar-refractivity contribution < 1.29 is 0 Å². The zero-order chi connectivity index (χ0) is 8.84. The van der Waals surface area contributed by atoms with Gasteiger partial charge in [0.05, 0.1) is 6.20 Å². The molecule has 0 aliphatic rings. The summed E-state index contributed by atoms with van der Waals surface area (Å²) < 4.78 is 1.35. The van der Waals surface area contributed by atoms with Gasteiger partial charge in [-0.1, -0.05) is 5.10 Å². The molecular weight excluding hydrogens is 174 g/mol. The van der Waals surface area contributed by atoms with Gasteiger partial charge in [0.1, 0.15) is 5.52 Å². The molecule has 13 heavy (non-hydrogen) atoms. The van der Waals surface area contributed by atoms with Gasteiger partial charge in [-0.25, -0.2) is 9.78 Å². The van der Waals surface area contributed by atoms with Crippen molar-refractivity contribution in [3.63, 3.8) is 0 Å². The Morgan fingerprint density at radius 1 is 1.38 bits per heavy atom. The summed E-state index contributed by atoms with van der Waals surface area (Å²) in [6, 6.07) is 0. The first-order chi connectivity index (χ1) is 6.34. The largest absolute Gasteiger partial charge is 0.325 e. The molecule has 0 aliphatic carbocycles. The Kier molecular flexibility index (Phi) is 0.925. The lowest BCUT2D eigenvalue weighted by molar-refractivity contribution is 0.834. The highest BCUT2D eigenvalue weighted by atomic mass is 16.1. The number of rotatable bonds is 0. The van der Waals surface area contributed by atoms with E-state index in [-0.39, 0.29) is 5.69 Å². The second-order valence-corrected chi connectivity index (χ2v) is 2.49. The maximum atomic E-state index is 10.9. The van der Waals surface area contributed by atoms with Crippen molar-refractivity contribution >= 4 is 16.9 Å². The predicted molar refractivity (Wildman–Crippen MR) is 41.1 cm³/mol. The van der Waals surface area contributed by atoms with Gasteiger partial charge >= 0.3 is 5.69 Å². The fourth-order valence-electron chi connectivity index (χ4n) is 1.18. The minimum atomic E-state index is -0.306. The minimum Gasteiger partial charge on any atom is -0.303 e. The van der Waals surface area contributed by atoms with Crippen molar-refractivity contribution in [1.29, 1.82) is 0 Å². The molecule has 3 heterocycles. The molecule has 0 aliphatic heterocycles. The number of nitrogens with zero attached hydrogens (tertiary/aromatic N) is 5. The van der Waals surface area contributed by atoms with Crippen LogP contribution in [-0.2, 0) is 0 Å². The number of aromatic nitrogens is 7. The highest BCUT2D eigenvalue weighted by molar-refractivity contribution is 5.70. The van der Waals surface area contributed by atoms with Crippen LogP contribution in [0.4, 0.5) is 0 Å². The smallest absolute Gasteiger partial charge is 0.303 e. The summed E-state index contributed by atoms with van der Waals surface area (Å²) in [7, 11) is 0. The molecule has 0 amide bonds. The Morgan fingerprint density at radius 2 is 2.31 bits per heavy atom. The van der Waals surface area contributed by atoms with Crippen LogP contribution in [-0.4, -0.2) is 35.0 Å². The van der Waals surface area contributed by atoms with Gasteiger partial charge in [-0.2, -0.15) is 4.52 Å². The zero-order valence-corrected chi connectivity index (χ0v) is 6.22. The van der Waals surface area contributed by atoms with Crippen LogP contribution in [0, 0.1) is 0 Å².